The standard InChI is InChI=1S/C36H37F4NP2/c1-42(33(26-12-6-3-7-13-26)22-23-34(42)27-14-8-4-9-15-27)41(30-16-10-5-11-17-30)43(2,35-20-18-28(37)24-31(35)39)36-21-19-29(38)25-32(36)40/h3-4,6-9,12-15,18-21,24-25,30,33-34H,1-2,5,10-11,16-17,22-23H2/t33-,34-/m0/s1. The van der Waals surface area contributed by atoms with Crippen LogP contribution in [0, 0.1) is 36.6 Å². The molecule has 2 atom stereocenters. The summed E-state index contributed by atoms with van der Waals surface area (Å²) in [6.07, 6.45) is 6.53. The highest BCUT2D eigenvalue weighted by molar-refractivity contribution is 7.97. The highest BCUT2D eigenvalue weighted by Crippen LogP contribution is 2.92. The van der Waals surface area contributed by atoms with Crippen LogP contribution in [-0.2, 0) is 0 Å². The van der Waals surface area contributed by atoms with Crippen molar-refractivity contribution in [1.29, 1.82) is 0 Å². The van der Waals surface area contributed by atoms with Gasteiger partial charge in [0.1, 0.15) is 22.2 Å². The zero-order valence-corrected chi connectivity index (χ0v) is 26.0. The van der Waals surface area contributed by atoms with E-state index in [0.717, 1.165) is 68.2 Å². The fourth-order valence-corrected chi connectivity index (χ4v) is 18.5. The van der Waals surface area contributed by atoms with Gasteiger partial charge in [0.05, 0.1) is 24.8 Å². The third-order valence-electron chi connectivity index (χ3n) is 9.41. The van der Waals surface area contributed by atoms with Crippen LogP contribution in [0.25, 0.3) is 0 Å². The van der Waals surface area contributed by atoms with Crippen LogP contribution in [0.2, 0.25) is 0 Å². The van der Waals surface area contributed by atoms with E-state index in [1.165, 1.54) is 24.3 Å². The Morgan fingerprint density at radius 1 is 0.605 bits per heavy atom. The van der Waals surface area contributed by atoms with Gasteiger partial charge in [-0.1, -0.05) is 79.9 Å². The predicted molar refractivity (Wildman–Crippen MR) is 173 cm³/mol. The van der Waals surface area contributed by atoms with Gasteiger partial charge in [-0.3, -0.25) is 0 Å². The fraction of sp³-hybridized carbons (Fsp3) is 0.278. The number of hydrogen-bond donors (Lipinski definition) is 0. The second-order valence-corrected chi connectivity index (χ2v) is 18.6. The Morgan fingerprint density at radius 3 is 1.47 bits per heavy atom. The maximum Gasteiger partial charge on any atom is 0.167 e. The minimum absolute atomic E-state index is 0.0325. The van der Waals surface area contributed by atoms with E-state index in [2.05, 4.69) is 28.7 Å². The Hall–Kier alpha value is -2.58. The zero-order chi connectivity index (χ0) is 30.2. The highest BCUT2D eigenvalue weighted by Gasteiger charge is 2.63. The van der Waals surface area contributed by atoms with E-state index in [-0.39, 0.29) is 28.0 Å². The lowest BCUT2D eigenvalue weighted by molar-refractivity contribution is 0.346. The molecule has 1 saturated carbocycles. The smallest absolute Gasteiger partial charge is 0.167 e. The first-order valence-corrected chi connectivity index (χ1v) is 19.0. The lowest BCUT2D eigenvalue weighted by Crippen LogP contribution is -2.44. The molecule has 43 heavy (non-hydrogen) atoms. The van der Waals surface area contributed by atoms with Crippen LogP contribution in [-0.4, -0.2) is 10.5 Å². The van der Waals surface area contributed by atoms with Crippen LogP contribution < -0.4 is 10.6 Å². The molecule has 0 bridgehead atoms. The Labute approximate surface area is 254 Å². The SMILES string of the molecule is [CH2-][P+](c1ccc(F)cc1F)(c1ccc(F)cc1F)N(C1CCCCC1)[P+]1([CH2-])[C@H](c2ccccc2)CC[C@H]1c1ccccc1. The van der Waals surface area contributed by atoms with Crippen molar-refractivity contribution in [3.8, 4) is 0 Å². The van der Waals surface area contributed by atoms with Crippen molar-refractivity contribution in [2.75, 3.05) is 0 Å². The normalized spacial score (nSPS) is 20.9. The van der Waals surface area contributed by atoms with Crippen LogP contribution >= 0.6 is 14.8 Å². The quantitative estimate of drug-likeness (QED) is 0.113. The molecular weight excluding hydrogens is 584 g/mol. The maximum atomic E-state index is 16.1. The van der Waals surface area contributed by atoms with Crippen LogP contribution in [0.4, 0.5) is 17.6 Å². The number of nitrogens with zero attached hydrogens (tertiary/aromatic N) is 1. The van der Waals surface area contributed by atoms with E-state index in [9.17, 15) is 8.78 Å². The van der Waals surface area contributed by atoms with Crippen molar-refractivity contribution in [2.45, 2.75) is 62.3 Å². The van der Waals surface area contributed by atoms with Crippen molar-refractivity contribution in [3.63, 3.8) is 0 Å². The summed E-state index contributed by atoms with van der Waals surface area (Å²) in [6.45, 7) is 10.0. The number of halogens is 4. The number of rotatable bonds is 7. The second kappa shape index (κ2) is 12.4. The number of hydrogen-bond acceptors (Lipinski definition) is 1. The van der Waals surface area contributed by atoms with Crippen molar-refractivity contribution in [2.24, 2.45) is 0 Å². The van der Waals surface area contributed by atoms with E-state index in [4.69, 9.17) is 13.3 Å². The molecule has 0 aromatic heterocycles. The topological polar surface area (TPSA) is 3.24 Å². The zero-order valence-electron chi connectivity index (χ0n) is 24.2. The van der Waals surface area contributed by atoms with Gasteiger partial charge in [-0.15, -0.1) is 11.1 Å². The molecule has 6 rings (SSSR count). The van der Waals surface area contributed by atoms with Gasteiger partial charge in [-0.2, -0.15) is 6.66 Å². The highest BCUT2D eigenvalue weighted by atomic mass is 31.2. The molecule has 0 amide bonds. The first-order valence-electron chi connectivity index (χ1n) is 15.0. The summed E-state index contributed by atoms with van der Waals surface area (Å²) in [5.74, 6) is -2.93. The molecule has 224 valence electrons. The lowest BCUT2D eigenvalue weighted by atomic mass is 9.96. The molecule has 0 N–H and O–H groups in total. The van der Waals surface area contributed by atoms with Crippen molar-refractivity contribution < 1.29 is 17.6 Å². The summed E-state index contributed by atoms with van der Waals surface area (Å²) >= 11 is 0. The summed E-state index contributed by atoms with van der Waals surface area (Å²) in [7, 11) is -6.04. The van der Waals surface area contributed by atoms with Crippen molar-refractivity contribution in [3.05, 3.63) is 145 Å². The van der Waals surface area contributed by atoms with Gasteiger partial charge in [0.25, 0.3) is 0 Å². The molecule has 4 aromatic carbocycles. The monoisotopic (exact) mass is 621 g/mol. The van der Waals surface area contributed by atoms with Crippen LogP contribution in [0.15, 0.2) is 97.1 Å². The molecule has 0 radical (unpaired) electrons. The van der Waals surface area contributed by atoms with Crippen LogP contribution in [0.3, 0.4) is 0 Å². The van der Waals surface area contributed by atoms with Gasteiger partial charge >= 0.3 is 0 Å². The van der Waals surface area contributed by atoms with Crippen molar-refractivity contribution >= 4 is 25.4 Å². The molecule has 4 aromatic rings. The molecule has 7 heteroatoms. The van der Waals surface area contributed by atoms with Gasteiger partial charge in [0.15, 0.2) is 11.6 Å². The third-order valence-corrected chi connectivity index (χ3v) is 19.0. The van der Waals surface area contributed by atoms with E-state index in [1.807, 2.05) is 36.4 Å². The molecule has 2 aliphatic rings. The molecule has 1 nitrogen and oxygen atoms in total. The summed E-state index contributed by atoms with van der Waals surface area (Å²) in [5.41, 5.74) is 2.40. The Bertz CT molecular complexity index is 1460. The molecule has 0 spiro atoms. The second-order valence-electron chi connectivity index (χ2n) is 11.9. The fourth-order valence-electron chi connectivity index (χ4n) is 7.56. The largest absolute Gasteiger partial charge is 0.207 e. The minimum Gasteiger partial charge on any atom is -0.207 e. The van der Waals surface area contributed by atoms with Gasteiger partial charge in [-0.05, 0) is 61.1 Å². The molecule has 0 unspecified atom stereocenters. The lowest BCUT2D eigenvalue weighted by Gasteiger charge is -2.54. The molecule has 1 saturated heterocycles. The summed E-state index contributed by atoms with van der Waals surface area (Å²) in [5, 5.41) is 0.358. The Morgan fingerprint density at radius 2 is 1.05 bits per heavy atom. The predicted octanol–water partition coefficient (Wildman–Crippen LogP) is 10.6. The van der Waals surface area contributed by atoms with Crippen LogP contribution in [0.1, 0.15) is 67.4 Å². The van der Waals surface area contributed by atoms with Crippen molar-refractivity contribution in [1.82, 2.24) is 4.44 Å². The summed E-state index contributed by atoms with van der Waals surface area (Å²) in [4.78, 5) is 0. The van der Waals surface area contributed by atoms with E-state index >= 15 is 8.78 Å². The van der Waals surface area contributed by atoms with E-state index in [1.54, 1.807) is 0 Å². The molecule has 1 aliphatic carbocycles. The minimum atomic E-state index is -3.41. The average molecular weight is 622 g/mol. The number of benzene rings is 4. The summed E-state index contributed by atoms with van der Waals surface area (Å²) in [6, 6.07) is 27.7. The Balaban J connectivity index is 1.68. The van der Waals surface area contributed by atoms with Gasteiger partial charge in [0, 0.05) is 19.5 Å². The summed E-state index contributed by atoms with van der Waals surface area (Å²) < 4.78 is 63.4. The van der Waals surface area contributed by atoms with Crippen LogP contribution in [0.5, 0.6) is 0 Å². The van der Waals surface area contributed by atoms with Gasteiger partial charge < -0.3 is 0 Å². The molecular formula is C36H37F4NP2. The molecule has 1 heterocycles. The maximum absolute atomic E-state index is 16.1. The first kappa shape index (κ1) is 30.4. The first-order chi connectivity index (χ1) is 20.7. The van der Waals surface area contributed by atoms with Gasteiger partial charge in [0.2, 0.25) is 0 Å². The molecule has 1 aliphatic heterocycles. The molecule has 2 fully saturated rings. The Kier molecular flexibility index (Phi) is 8.80. The van der Waals surface area contributed by atoms with E-state index < -0.39 is 38.1 Å². The third kappa shape index (κ3) is 5.47. The van der Waals surface area contributed by atoms with E-state index in [0.29, 0.717) is 0 Å². The van der Waals surface area contributed by atoms with Gasteiger partial charge in [-0.25, -0.2) is 17.6 Å². The average Bonchev–Trinajstić information content (AvgIpc) is 3.35.